The minimum absolute atomic E-state index is 0.172. The Hall–Kier alpha value is -3.03. The first kappa shape index (κ1) is 20.3. The SMILES string of the molecule is CC(C)(C)OC(=O)NN(C(=O)OC(C)(C)C)c1ccc(-c2ccco2)cn1. The lowest BCUT2D eigenvalue weighted by molar-refractivity contribution is 0.0424. The molecule has 0 fully saturated rings. The minimum Gasteiger partial charge on any atom is -0.464 e. The highest BCUT2D eigenvalue weighted by Crippen LogP contribution is 2.22. The number of hydrazine groups is 1. The first-order valence-corrected chi connectivity index (χ1v) is 8.47. The average Bonchev–Trinajstić information content (AvgIpc) is 3.03. The first-order valence-electron chi connectivity index (χ1n) is 8.47. The molecule has 0 aliphatic carbocycles. The van der Waals surface area contributed by atoms with Gasteiger partial charge < -0.3 is 13.9 Å². The van der Waals surface area contributed by atoms with Crippen LogP contribution in [-0.4, -0.2) is 28.4 Å². The van der Waals surface area contributed by atoms with Crippen molar-refractivity contribution >= 4 is 18.0 Å². The van der Waals surface area contributed by atoms with Gasteiger partial charge in [-0.25, -0.2) is 20.0 Å². The van der Waals surface area contributed by atoms with E-state index >= 15 is 0 Å². The van der Waals surface area contributed by atoms with Crippen LogP contribution < -0.4 is 10.4 Å². The first-order chi connectivity index (χ1) is 12.4. The molecule has 146 valence electrons. The van der Waals surface area contributed by atoms with Crippen molar-refractivity contribution in [2.24, 2.45) is 0 Å². The Labute approximate surface area is 158 Å². The number of aromatic nitrogens is 1. The van der Waals surface area contributed by atoms with E-state index in [4.69, 9.17) is 13.9 Å². The van der Waals surface area contributed by atoms with Crippen LogP contribution in [0, 0.1) is 0 Å². The zero-order valence-corrected chi connectivity index (χ0v) is 16.4. The van der Waals surface area contributed by atoms with E-state index in [1.54, 1.807) is 72.1 Å². The second-order valence-electron chi connectivity index (χ2n) is 7.81. The van der Waals surface area contributed by atoms with E-state index in [1.807, 2.05) is 0 Å². The molecule has 0 saturated heterocycles. The van der Waals surface area contributed by atoms with Gasteiger partial charge in [-0.1, -0.05) is 0 Å². The standard InChI is InChI=1S/C19H25N3O5/c1-18(2,3)26-16(23)21-22(17(24)27-19(4,5)6)15-10-9-13(12-20-15)14-8-7-11-25-14/h7-12H,1-6H3,(H,21,23). The minimum atomic E-state index is -0.801. The lowest BCUT2D eigenvalue weighted by Gasteiger charge is -2.28. The highest BCUT2D eigenvalue weighted by molar-refractivity contribution is 5.89. The van der Waals surface area contributed by atoms with Crippen molar-refractivity contribution < 1.29 is 23.5 Å². The van der Waals surface area contributed by atoms with Crippen molar-refractivity contribution in [3.8, 4) is 11.3 Å². The molecule has 1 N–H and O–H groups in total. The molecule has 0 aromatic carbocycles. The quantitative estimate of drug-likeness (QED) is 0.776. The average molecular weight is 375 g/mol. The molecule has 2 rings (SSSR count). The van der Waals surface area contributed by atoms with Gasteiger partial charge in [0.15, 0.2) is 5.82 Å². The summed E-state index contributed by atoms with van der Waals surface area (Å²) in [4.78, 5) is 28.9. The van der Waals surface area contributed by atoms with Crippen LogP contribution in [0.15, 0.2) is 41.1 Å². The summed E-state index contributed by atoms with van der Waals surface area (Å²) in [6.45, 7) is 10.3. The third kappa shape index (κ3) is 6.32. The third-order valence-electron chi connectivity index (χ3n) is 2.96. The highest BCUT2D eigenvalue weighted by Gasteiger charge is 2.28. The molecule has 0 atom stereocenters. The number of amides is 2. The summed E-state index contributed by atoms with van der Waals surface area (Å²) < 4.78 is 15.9. The van der Waals surface area contributed by atoms with Crippen LogP contribution in [-0.2, 0) is 9.47 Å². The van der Waals surface area contributed by atoms with E-state index in [1.165, 1.54) is 6.20 Å². The van der Waals surface area contributed by atoms with E-state index in [0.717, 1.165) is 10.6 Å². The van der Waals surface area contributed by atoms with Gasteiger partial charge in [-0.3, -0.25) is 0 Å². The fraction of sp³-hybridized carbons (Fsp3) is 0.421. The van der Waals surface area contributed by atoms with Gasteiger partial charge in [0.2, 0.25) is 0 Å². The Morgan fingerprint density at radius 2 is 1.70 bits per heavy atom. The van der Waals surface area contributed by atoms with Crippen LogP contribution in [0.25, 0.3) is 11.3 Å². The number of nitrogens with zero attached hydrogens (tertiary/aromatic N) is 2. The van der Waals surface area contributed by atoms with Crippen molar-refractivity contribution in [1.29, 1.82) is 0 Å². The Bertz CT molecular complexity index is 771. The van der Waals surface area contributed by atoms with E-state index in [2.05, 4.69) is 10.4 Å². The predicted molar refractivity (Wildman–Crippen MR) is 100 cm³/mol. The van der Waals surface area contributed by atoms with Gasteiger partial charge in [0.05, 0.1) is 6.26 Å². The molecule has 2 amide bonds. The molecule has 27 heavy (non-hydrogen) atoms. The maximum absolute atomic E-state index is 12.5. The number of anilines is 1. The van der Waals surface area contributed by atoms with Crippen molar-refractivity contribution in [3.05, 3.63) is 36.7 Å². The van der Waals surface area contributed by atoms with Crippen molar-refractivity contribution in [2.75, 3.05) is 5.01 Å². The molecule has 0 unspecified atom stereocenters. The van der Waals surface area contributed by atoms with Crippen LogP contribution in [0.1, 0.15) is 41.5 Å². The molecule has 0 spiro atoms. The summed E-state index contributed by atoms with van der Waals surface area (Å²) in [6, 6.07) is 6.84. The summed E-state index contributed by atoms with van der Waals surface area (Å²) in [5, 5.41) is 0.908. The van der Waals surface area contributed by atoms with Crippen molar-refractivity contribution in [3.63, 3.8) is 0 Å². The van der Waals surface area contributed by atoms with Crippen LogP contribution in [0.2, 0.25) is 0 Å². The highest BCUT2D eigenvalue weighted by atomic mass is 16.6. The van der Waals surface area contributed by atoms with Gasteiger partial charge >= 0.3 is 12.2 Å². The van der Waals surface area contributed by atoms with Crippen LogP contribution in [0.5, 0.6) is 0 Å². The molecular formula is C19H25N3O5. The summed E-state index contributed by atoms with van der Waals surface area (Å²) in [7, 11) is 0. The van der Waals surface area contributed by atoms with Crippen LogP contribution in [0.3, 0.4) is 0 Å². The molecule has 0 radical (unpaired) electrons. The second-order valence-corrected chi connectivity index (χ2v) is 7.81. The summed E-state index contributed by atoms with van der Waals surface area (Å²) >= 11 is 0. The number of hydrogen-bond donors (Lipinski definition) is 1. The van der Waals surface area contributed by atoms with Crippen LogP contribution in [0.4, 0.5) is 15.4 Å². The largest absolute Gasteiger partial charge is 0.464 e. The topological polar surface area (TPSA) is 93.9 Å². The molecule has 0 saturated carbocycles. The summed E-state index contributed by atoms with van der Waals surface area (Å²) in [5.74, 6) is 0.809. The number of nitrogens with one attached hydrogen (secondary N) is 1. The lowest BCUT2D eigenvalue weighted by Crippen LogP contribution is -2.50. The molecule has 8 nitrogen and oxygen atoms in total. The van der Waals surface area contributed by atoms with E-state index < -0.39 is 23.4 Å². The number of furan rings is 1. The van der Waals surface area contributed by atoms with Crippen molar-refractivity contribution in [1.82, 2.24) is 10.4 Å². The van der Waals surface area contributed by atoms with Crippen molar-refractivity contribution in [2.45, 2.75) is 52.7 Å². The second kappa shape index (κ2) is 7.69. The normalized spacial score (nSPS) is 11.6. The van der Waals surface area contributed by atoms with Gasteiger partial charge in [-0.15, -0.1) is 0 Å². The number of carbonyl (C=O) groups excluding carboxylic acids is 2. The number of pyridine rings is 1. The van der Waals surface area contributed by atoms with E-state index in [9.17, 15) is 9.59 Å². The molecule has 2 aromatic rings. The van der Waals surface area contributed by atoms with Crippen LogP contribution >= 0.6 is 0 Å². The molecule has 0 aliphatic heterocycles. The number of rotatable bonds is 2. The molecule has 0 aliphatic rings. The van der Waals surface area contributed by atoms with Gasteiger partial charge in [0.1, 0.15) is 17.0 Å². The maximum atomic E-state index is 12.5. The Morgan fingerprint density at radius 1 is 1.04 bits per heavy atom. The van der Waals surface area contributed by atoms with E-state index in [0.29, 0.717) is 5.76 Å². The Kier molecular flexibility index (Phi) is 5.78. The van der Waals surface area contributed by atoms with E-state index in [-0.39, 0.29) is 5.82 Å². The van der Waals surface area contributed by atoms with Gasteiger partial charge in [0.25, 0.3) is 0 Å². The number of carbonyl (C=O) groups is 2. The Morgan fingerprint density at radius 3 is 2.19 bits per heavy atom. The smallest absolute Gasteiger partial charge is 0.435 e. The van der Waals surface area contributed by atoms with Gasteiger partial charge in [0, 0.05) is 11.8 Å². The summed E-state index contributed by atoms with van der Waals surface area (Å²) in [6.07, 6.45) is 1.50. The maximum Gasteiger partial charge on any atom is 0.435 e. The fourth-order valence-electron chi connectivity index (χ4n) is 2.00. The molecule has 8 heteroatoms. The molecule has 0 bridgehead atoms. The Balaban J connectivity index is 2.25. The van der Waals surface area contributed by atoms with Gasteiger partial charge in [-0.2, -0.15) is 5.01 Å². The summed E-state index contributed by atoms with van der Waals surface area (Å²) in [5.41, 5.74) is 1.63. The number of ether oxygens (including phenoxy) is 2. The lowest BCUT2D eigenvalue weighted by atomic mass is 10.2. The molecule has 2 aromatic heterocycles. The van der Waals surface area contributed by atoms with Gasteiger partial charge in [-0.05, 0) is 65.8 Å². The predicted octanol–water partition coefficient (Wildman–Crippen LogP) is 4.52. The molecule has 2 heterocycles. The third-order valence-corrected chi connectivity index (χ3v) is 2.96. The molecular weight excluding hydrogens is 350 g/mol. The zero-order valence-electron chi connectivity index (χ0n) is 16.4. The number of hydrogen-bond acceptors (Lipinski definition) is 6. The monoisotopic (exact) mass is 375 g/mol. The zero-order chi connectivity index (χ0) is 20.2. The fourth-order valence-corrected chi connectivity index (χ4v) is 2.00.